The van der Waals surface area contributed by atoms with Crippen LogP contribution < -0.4 is 16.4 Å². The molecule has 0 aromatic heterocycles. The second kappa shape index (κ2) is 6.67. The molecule has 94 valence electrons. The Morgan fingerprint density at radius 3 is 2.28 bits per heavy atom. The fourth-order valence-corrected chi connectivity index (χ4v) is 1.72. The number of nitrogens with one attached hydrogen (secondary N) is 2. The summed E-state index contributed by atoms with van der Waals surface area (Å²) in [5.74, 6) is 0. The maximum absolute atomic E-state index is 5.63. The highest BCUT2D eigenvalue weighted by Crippen LogP contribution is 2.09. The molecule has 0 atom stereocenters. The van der Waals surface area contributed by atoms with Gasteiger partial charge in [-0.25, -0.2) is 0 Å². The third-order valence-corrected chi connectivity index (χ3v) is 2.71. The maximum Gasteiger partial charge on any atom is 0.0342 e. The zero-order valence-corrected chi connectivity index (χ0v) is 10.4. The van der Waals surface area contributed by atoms with Crippen LogP contribution in [0.25, 0.3) is 0 Å². The van der Waals surface area contributed by atoms with Crippen molar-refractivity contribution in [3.63, 3.8) is 0 Å². The Morgan fingerprint density at radius 1 is 0.833 bits per heavy atom. The molecule has 0 aliphatic heterocycles. The second-order valence-corrected chi connectivity index (χ2v) is 4.21. The van der Waals surface area contributed by atoms with Gasteiger partial charge >= 0.3 is 0 Å². The lowest BCUT2D eigenvalue weighted by molar-refractivity contribution is 0.707. The summed E-state index contributed by atoms with van der Waals surface area (Å²) < 4.78 is 0. The van der Waals surface area contributed by atoms with Gasteiger partial charge in [0.2, 0.25) is 0 Å². The summed E-state index contributed by atoms with van der Waals surface area (Å²) >= 11 is 0. The molecule has 0 heterocycles. The molecule has 0 spiro atoms. The minimum absolute atomic E-state index is 0.794. The summed E-state index contributed by atoms with van der Waals surface area (Å²) in [6.45, 7) is 2.74. The molecule has 4 N–H and O–H groups in total. The lowest BCUT2D eigenvalue weighted by Gasteiger charge is -2.08. The van der Waals surface area contributed by atoms with Crippen molar-refractivity contribution in [3.05, 3.63) is 60.2 Å². The fourth-order valence-electron chi connectivity index (χ4n) is 1.72. The predicted octanol–water partition coefficient (Wildman–Crippen LogP) is 2.47. The molecule has 0 saturated carbocycles. The van der Waals surface area contributed by atoms with Gasteiger partial charge < -0.3 is 16.4 Å². The molecule has 18 heavy (non-hydrogen) atoms. The minimum Gasteiger partial charge on any atom is -0.399 e. The van der Waals surface area contributed by atoms with Crippen LogP contribution in [0.2, 0.25) is 0 Å². The number of hydrogen-bond donors (Lipinski definition) is 3. The monoisotopic (exact) mass is 241 g/mol. The normalized spacial score (nSPS) is 10.2. The number of nitrogens with two attached hydrogens (primary N) is 1. The zero-order valence-electron chi connectivity index (χ0n) is 10.4. The Kier molecular flexibility index (Phi) is 4.61. The van der Waals surface area contributed by atoms with E-state index in [-0.39, 0.29) is 0 Å². The Balaban J connectivity index is 1.63. The summed E-state index contributed by atoms with van der Waals surface area (Å²) in [5, 5.41) is 6.74. The highest BCUT2D eigenvalue weighted by molar-refractivity contribution is 5.51. The highest BCUT2D eigenvalue weighted by atomic mass is 14.9. The Hall–Kier alpha value is -2.00. The maximum atomic E-state index is 5.63. The summed E-state index contributed by atoms with van der Waals surface area (Å²) in [4.78, 5) is 0. The number of rotatable bonds is 6. The standard InChI is InChI=1S/C15H19N3/c16-14-6-8-15(9-7-14)18-11-10-17-12-13-4-2-1-3-5-13/h1-9,17-18H,10-12,16H2. The van der Waals surface area contributed by atoms with Gasteiger partial charge in [-0.1, -0.05) is 30.3 Å². The molecule has 0 unspecified atom stereocenters. The van der Waals surface area contributed by atoms with Gasteiger partial charge in [-0.15, -0.1) is 0 Å². The molecule has 2 aromatic rings. The van der Waals surface area contributed by atoms with Crippen molar-refractivity contribution in [3.8, 4) is 0 Å². The van der Waals surface area contributed by atoms with Gasteiger partial charge in [-0.05, 0) is 29.8 Å². The van der Waals surface area contributed by atoms with Crippen LogP contribution in [0.5, 0.6) is 0 Å². The predicted molar refractivity (Wildman–Crippen MR) is 77.5 cm³/mol. The number of hydrogen-bond acceptors (Lipinski definition) is 3. The first-order chi connectivity index (χ1) is 8.84. The minimum atomic E-state index is 0.794. The molecule has 0 saturated heterocycles. The molecular weight excluding hydrogens is 222 g/mol. The fraction of sp³-hybridized carbons (Fsp3) is 0.200. The molecule has 0 aliphatic rings. The van der Waals surface area contributed by atoms with E-state index in [1.54, 1.807) is 0 Å². The molecule has 0 bridgehead atoms. The van der Waals surface area contributed by atoms with Crippen LogP contribution in [0, 0.1) is 0 Å². The summed E-state index contributed by atoms with van der Waals surface area (Å²) in [7, 11) is 0. The Bertz CT molecular complexity index is 451. The van der Waals surface area contributed by atoms with Crippen LogP contribution in [0.15, 0.2) is 54.6 Å². The van der Waals surface area contributed by atoms with E-state index >= 15 is 0 Å². The summed E-state index contributed by atoms with van der Waals surface area (Å²) in [6.07, 6.45) is 0. The van der Waals surface area contributed by atoms with Crippen molar-refractivity contribution in [1.29, 1.82) is 0 Å². The van der Waals surface area contributed by atoms with Crippen LogP contribution in [-0.4, -0.2) is 13.1 Å². The van der Waals surface area contributed by atoms with Gasteiger partial charge in [0.05, 0.1) is 0 Å². The molecular formula is C15H19N3. The van der Waals surface area contributed by atoms with Crippen molar-refractivity contribution in [2.45, 2.75) is 6.54 Å². The first kappa shape index (κ1) is 12.5. The largest absolute Gasteiger partial charge is 0.399 e. The van der Waals surface area contributed by atoms with Gasteiger partial charge in [0, 0.05) is 31.0 Å². The van der Waals surface area contributed by atoms with Gasteiger partial charge in [0.1, 0.15) is 0 Å². The Labute approximate surface area is 108 Å². The van der Waals surface area contributed by atoms with Gasteiger partial charge in [-0.2, -0.15) is 0 Å². The molecule has 3 nitrogen and oxygen atoms in total. The molecule has 0 aliphatic carbocycles. The lowest BCUT2D eigenvalue weighted by atomic mass is 10.2. The summed E-state index contributed by atoms with van der Waals surface area (Å²) in [6, 6.07) is 18.2. The average molecular weight is 241 g/mol. The number of benzene rings is 2. The highest BCUT2D eigenvalue weighted by Gasteiger charge is 1.92. The number of nitrogen functional groups attached to an aromatic ring is 1. The van der Waals surface area contributed by atoms with Crippen molar-refractivity contribution in [1.82, 2.24) is 5.32 Å². The van der Waals surface area contributed by atoms with E-state index in [1.807, 2.05) is 30.3 Å². The molecule has 2 aromatic carbocycles. The van der Waals surface area contributed by atoms with Crippen molar-refractivity contribution in [2.24, 2.45) is 0 Å². The SMILES string of the molecule is Nc1ccc(NCCNCc2ccccc2)cc1. The second-order valence-electron chi connectivity index (χ2n) is 4.21. The molecule has 0 radical (unpaired) electrons. The van der Waals surface area contributed by atoms with Crippen molar-refractivity contribution in [2.75, 3.05) is 24.1 Å². The van der Waals surface area contributed by atoms with Gasteiger partial charge in [0.15, 0.2) is 0 Å². The van der Waals surface area contributed by atoms with Gasteiger partial charge in [-0.3, -0.25) is 0 Å². The van der Waals surface area contributed by atoms with Crippen LogP contribution in [0.3, 0.4) is 0 Å². The number of anilines is 2. The van der Waals surface area contributed by atoms with Crippen LogP contribution in [-0.2, 0) is 6.54 Å². The van der Waals surface area contributed by atoms with Crippen LogP contribution >= 0.6 is 0 Å². The first-order valence-electron chi connectivity index (χ1n) is 6.18. The third-order valence-electron chi connectivity index (χ3n) is 2.71. The molecule has 0 amide bonds. The Morgan fingerprint density at radius 2 is 1.56 bits per heavy atom. The van der Waals surface area contributed by atoms with E-state index in [0.717, 1.165) is 31.0 Å². The topological polar surface area (TPSA) is 50.1 Å². The molecule has 0 fully saturated rings. The average Bonchev–Trinajstić information content (AvgIpc) is 2.42. The third kappa shape index (κ3) is 4.11. The first-order valence-corrected chi connectivity index (χ1v) is 6.18. The summed E-state index contributed by atoms with van der Waals surface area (Å²) in [5.41, 5.74) is 8.83. The van der Waals surface area contributed by atoms with E-state index in [1.165, 1.54) is 5.56 Å². The van der Waals surface area contributed by atoms with Crippen LogP contribution in [0.4, 0.5) is 11.4 Å². The van der Waals surface area contributed by atoms with E-state index in [4.69, 9.17) is 5.73 Å². The quantitative estimate of drug-likeness (QED) is 0.538. The smallest absolute Gasteiger partial charge is 0.0342 e. The van der Waals surface area contributed by atoms with E-state index in [0.29, 0.717) is 0 Å². The van der Waals surface area contributed by atoms with Crippen LogP contribution in [0.1, 0.15) is 5.56 Å². The zero-order chi connectivity index (χ0) is 12.6. The van der Waals surface area contributed by atoms with E-state index < -0.39 is 0 Å². The molecule has 2 rings (SSSR count). The van der Waals surface area contributed by atoms with Crippen molar-refractivity contribution < 1.29 is 0 Å². The van der Waals surface area contributed by atoms with E-state index in [2.05, 4.69) is 34.9 Å². The van der Waals surface area contributed by atoms with E-state index in [9.17, 15) is 0 Å². The van der Waals surface area contributed by atoms with Crippen molar-refractivity contribution >= 4 is 11.4 Å². The van der Waals surface area contributed by atoms with Gasteiger partial charge in [0.25, 0.3) is 0 Å². The molecule has 3 heteroatoms. The lowest BCUT2D eigenvalue weighted by Crippen LogP contribution is -2.21.